The average molecular weight is 239 g/mol. The fourth-order valence-corrected chi connectivity index (χ4v) is 1.90. The van der Waals surface area contributed by atoms with Crippen LogP contribution in [0.3, 0.4) is 0 Å². The number of rotatable bonds is 5. The molecule has 0 saturated heterocycles. The number of phenolic OH excluding ortho intramolecular Hbond substituents is 1. The lowest BCUT2D eigenvalue weighted by Crippen LogP contribution is -2.33. The first-order valence-electron chi connectivity index (χ1n) is 5.33. The molecule has 16 heavy (non-hydrogen) atoms. The Bertz CT molecular complexity index is 355. The lowest BCUT2D eigenvalue weighted by molar-refractivity contribution is -0.119. The summed E-state index contributed by atoms with van der Waals surface area (Å²) in [6.07, 6.45) is 0.924. The topological polar surface area (TPSA) is 49.3 Å². The maximum Gasteiger partial charge on any atom is 0.230 e. The van der Waals surface area contributed by atoms with Crippen LogP contribution in [0.1, 0.15) is 20.3 Å². The van der Waals surface area contributed by atoms with Gasteiger partial charge in [-0.3, -0.25) is 4.79 Å². The van der Waals surface area contributed by atoms with Crippen molar-refractivity contribution in [1.82, 2.24) is 5.32 Å². The maximum atomic E-state index is 11.5. The molecule has 3 nitrogen and oxygen atoms in total. The number of benzene rings is 1. The fourth-order valence-electron chi connectivity index (χ4n) is 1.14. The van der Waals surface area contributed by atoms with Gasteiger partial charge in [0.1, 0.15) is 5.75 Å². The lowest BCUT2D eigenvalue weighted by Gasteiger charge is -2.11. The predicted octanol–water partition coefficient (Wildman–Crippen LogP) is 2.40. The van der Waals surface area contributed by atoms with Crippen LogP contribution in [0.2, 0.25) is 0 Å². The van der Waals surface area contributed by atoms with Gasteiger partial charge >= 0.3 is 0 Å². The van der Waals surface area contributed by atoms with Crippen LogP contribution in [0.4, 0.5) is 0 Å². The monoisotopic (exact) mass is 239 g/mol. The van der Waals surface area contributed by atoms with Gasteiger partial charge < -0.3 is 10.4 Å². The number of amides is 1. The Morgan fingerprint density at radius 3 is 2.81 bits per heavy atom. The summed E-state index contributed by atoms with van der Waals surface area (Å²) in [6.45, 7) is 4.00. The second-order valence-corrected chi connectivity index (χ2v) is 4.65. The molecule has 0 radical (unpaired) electrons. The zero-order valence-electron chi connectivity index (χ0n) is 9.56. The van der Waals surface area contributed by atoms with Crippen LogP contribution in [0.25, 0.3) is 0 Å². The van der Waals surface area contributed by atoms with Crippen molar-refractivity contribution in [3.63, 3.8) is 0 Å². The zero-order chi connectivity index (χ0) is 12.0. The Morgan fingerprint density at radius 1 is 1.50 bits per heavy atom. The van der Waals surface area contributed by atoms with Crippen LogP contribution >= 0.6 is 11.8 Å². The molecular weight excluding hydrogens is 222 g/mol. The minimum Gasteiger partial charge on any atom is -0.507 e. The number of aromatic hydroxyl groups is 1. The van der Waals surface area contributed by atoms with E-state index in [2.05, 4.69) is 5.32 Å². The van der Waals surface area contributed by atoms with E-state index < -0.39 is 0 Å². The molecular formula is C12H17NO2S. The van der Waals surface area contributed by atoms with Crippen LogP contribution in [-0.2, 0) is 4.79 Å². The second kappa shape index (κ2) is 6.43. The first-order valence-corrected chi connectivity index (χ1v) is 6.32. The number of hydrogen-bond acceptors (Lipinski definition) is 3. The zero-order valence-corrected chi connectivity index (χ0v) is 10.4. The molecule has 4 heteroatoms. The number of para-hydroxylation sites is 1. The summed E-state index contributed by atoms with van der Waals surface area (Å²) < 4.78 is 0. The van der Waals surface area contributed by atoms with Crippen molar-refractivity contribution in [1.29, 1.82) is 0 Å². The summed E-state index contributed by atoms with van der Waals surface area (Å²) in [5.41, 5.74) is 0. The number of nitrogens with one attached hydrogen (secondary N) is 1. The molecule has 1 aromatic rings. The van der Waals surface area contributed by atoms with Crippen LogP contribution in [0.5, 0.6) is 5.75 Å². The summed E-state index contributed by atoms with van der Waals surface area (Å²) in [7, 11) is 0. The molecule has 0 saturated carbocycles. The third kappa shape index (κ3) is 4.14. The molecule has 1 atom stereocenters. The molecule has 1 aromatic carbocycles. The minimum atomic E-state index is 0.00241. The van der Waals surface area contributed by atoms with Gasteiger partial charge in [-0.25, -0.2) is 0 Å². The van der Waals surface area contributed by atoms with E-state index in [1.54, 1.807) is 18.2 Å². The van der Waals surface area contributed by atoms with Gasteiger partial charge in [-0.1, -0.05) is 19.1 Å². The number of phenols is 1. The Morgan fingerprint density at radius 2 is 2.19 bits per heavy atom. The molecule has 0 fully saturated rings. The third-order valence-corrected chi connectivity index (χ3v) is 3.31. The van der Waals surface area contributed by atoms with E-state index in [-0.39, 0.29) is 17.7 Å². The van der Waals surface area contributed by atoms with Crippen molar-refractivity contribution in [3.05, 3.63) is 24.3 Å². The Hall–Kier alpha value is -1.16. The van der Waals surface area contributed by atoms with E-state index in [1.807, 2.05) is 19.9 Å². The molecule has 0 aromatic heterocycles. The van der Waals surface area contributed by atoms with Crippen molar-refractivity contribution >= 4 is 17.7 Å². The van der Waals surface area contributed by atoms with Gasteiger partial charge in [0.2, 0.25) is 5.91 Å². The van der Waals surface area contributed by atoms with Crippen LogP contribution in [0, 0.1) is 0 Å². The van der Waals surface area contributed by atoms with Gasteiger partial charge in [-0.15, -0.1) is 11.8 Å². The Kier molecular flexibility index (Phi) is 5.19. The summed E-state index contributed by atoms with van der Waals surface area (Å²) in [5.74, 6) is 0.563. The average Bonchev–Trinajstić information content (AvgIpc) is 2.28. The minimum absolute atomic E-state index is 0.00241. The van der Waals surface area contributed by atoms with Gasteiger partial charge in [0.15, 0.2) is 0 Å². The highest BCUT2D eigenvalue weighted by Gasteiger charge is 2.07. The van der Waals surface area contributed by atoms with Gasteiger partial charge in [0, 0.05) is 10.9 Å². The maximum absolute atomic E-state index is 11.5. The number of hydrogen-bond donors (Lipinski definition) is 2. The van der Waals surface area contributed by atoms with Crippen molar-refractivity contribution in [3.8, 4) is 5.75 Å². The van der Waals surface area contributed by atoms with Crippen LogP contribution in [-0.4, -0.2) is 22.8 Å². The molecule has 1 amide bonds. The molecule has 0 aliphatic rings. The number of carbonyl (C=O) groups is 1. The number of carbonyl (C=O) groups excluding carboxylic acids is 1. The molecule has 0 aliphatic heterocycles. The standard InChI is InChI=1S/C12H17NO2S/c1-3-9(2)13-12(15)8-16-11-7-5-4-6-10(11)14/h4-7,9,14H,3,8H2,1-2H3,(H,13,15). The van der Waals surface area contributed by atoms with Crippen molar-refractivity contribution in [2.24, 2.45) is 0 Å². The van der Waals surface area contributed by atoms with Gasteiger partial charge in [0.25, 0.3) is 0 Å². The van der Waals surface area contributed by atoms with E-state index in [1.165, 1.54) is 11.8 Å². The molecule has 1 rings (SSSR count). The summed E-state index contributed by atoms with van der Waals surface area (Å²) in [4.78, 5) is 12.2. The summed E-state index contributed by atoms with van der Waals surface area (Å²) in [5, 5.41) is 12.4. The van der Waals surface area contributed by atoms with Crippen molar-refractivity contribution in [2.75, 3.05) is 5.75 Å². The van der Waals surface area contributed by atoms with E-state index in [0.717, 1.165) is 11.3 Å². The van der Waals surface area contributed by atoms with Crippen LogP contribution < -0.4 is 5.32 Å². The lowest BCUT2D eigenvalue weighted by atomic mass is 10.3. The molecule has 0 bridgehead atoms. The normalized spacial score (nSPS) is 12.1. The van der Waals surface area contributed by atoms with Gasteiger partial charge in [-0.05, 0) is 25.5 Å². The highest BCUT2D eigenvalue weighted by atomic mass is 32.2. The molecule has 0 spiro atoms. The molecule has 88 valence electrons. The highest BCUT2D eigenvalue weighted by Crippen LogP contribution is 2.27. The quantitative estimate of drug-likeness (QED) is 0.776. The Balaban J connectivity index is 2.40. The Labute approximate surface area is 100 Å². The molecule has 0 heterocycles. The van der Waals surface area contributed by atoms with Crippen molar-refractivity contribution in [2.45, 2.75) is 31.2 Å². The fraction of sp³-hybridized carbons (Fsp3) is 0.417. The van der Waals surface area contributed by atoms with Gasteiger partial charge in [-0.2, -0.15) is 0 Å². The van der Waals surface area contributed by atoms with E-state index in [4.69, 9.17) is 0 Å². The van der Waals surface area contributed by atoms with E-state index in [0.29, 0.717) is 5.75 Å². The largest absolute Gasteiger partial charge is 0.507 e. The molecule has 1 unspecified atom stereocenters. The smallest absolute Gasteiger partial charge is 0.230 e. The first-order chi connectivity index (χ1) is 7.63. The predicted molar refractivity (Wildman–Crippen MR) is 66.7 cm³/mol. The van der Waals surface area contributed by atoms with Gasteiger partial charge in [0.05, 0.1) is 5.75 Å². The first kappa shape index (κ1) is 12.9. The summed E-state index contributed by atoms with van der Waals surface area (Å²) in [6, 6.07) is 7.23. The van der Waals surface area contributed by atoms with E-state index >= 15 is 0 Å². The number of thioether (sulfide) groups is 1. The highest BCUT2D eigenvalue weighted by molar-refractivity contribution is 8.00. The SMILES string of the molecule is CCC(C)NC(=O)CSc1ccccc1O. The molecule has 2 N–H and O–H groups in total. The second-order valence-electron chi connectivity index (χ2n) is 3.63. The summed E-state index contributed by atoms with van der Waals surface area (Å²) >= 11 is 1.35. The third-order valence-electron chi connectivity index (χ3n) is 2.24. The van der Waals surface area contributed by atoms with Crippen molar-refractivity contribution < 1.29 is 9.90 Å². The van der Waals surface area contributed by atoms with Crippen LogP contribution in [0.15, 0.2) is 29.2 Å². The van der Waals surface area contributed by atoms with E-state index in [9.17, 15) is 9.90 Å². The molecule has 0 aliphatic carbocycles.